The molecule has 0 amide bonds. The summed E-state index contributed by atoms with van der Waals surface area (Å²) < 4.78 is 16.4. The summed E-state index contributed by atoms with van der Waals surface area (Å²) in [5.41, 5.74) is 1.80. The van der Waals surface area contributed by atoms with E-state index < -0.39 is 0 Å². The van der Waals surface area contributed by atoms with Crippen molar-refractivity contribution in [3.8, 4) is 17.2 Å². The first-order valence-electron chi connectivity index (χ1n) is 7.72. The van der Waals surface area contributed by atoms with Crippen LogP contribution in [-0.2, 0) is 11.4 Å². The van der Waals surface area contributed by atoms with Gasteiger partial charge in [0.25, 0.3) is 0 Å². The van der Waals surface area contributed by atoms with E-state index in [1.165, 1.54) is 0 Å². The Morgan fingerprint density at radius 1 is 1.17 bits per heavy atom. The van der Waals surface area contributed by atoms with Crippen LogP contribution in [0.3, 0.4) is 0 Å². The maximum Gasteiger partial charge on any atom is 0.179 e. The molecule has 1 aliphatic rings. The fourth-order valence-corrected chi connectivity index (χ4v) is 2.56. The molecule has 2 aromatic carbocycles. The van der Waals surface area contributed by atoms with Gasteiger partial charge in [-0.1, -0.05) is 16.8 Å². The standard InChI is InChI=1S/C18H18ClNO4/c1-2-21-15-5-3-13(4-6-15)11-20-24-12-14-9-16(19)18-17(10-14)22-7-8-23-18/h3-6,9-11H,2,7-8,12H2,1H3/b20-11-. The van der Waals surface area contributed by atoms with Crippen molar-refractivity contribution in [2.75, 3.05) is 19.8 Å². The first kappa shape index (κ1) is 16.5. The molecule has 0 fully saturated rings. The number of ether oxygens (including phenoxy) is 3. The van der Waals surface area contributed by atoms with Crippen LogP contribution >= 0.6 is 11.6 Å². The average Bonchev–Trinajstić information content (AvgIpc) is 2.60. The summed E-state index contributed by atoms with van der Waals surface area (Å²) in [6, 6.07) is 11.3. The van der Waals surface area contributed by atoms with Crippen molar-refractivity contribution in [1.82, 2.24) is 0 Å². The maximum absolute atomic E-state index is 6.19. The molecule has 1 heterocycles. The van der Waals surface area contributed by atoms with E-state index in [1.54, 1.807) is 12.3 Å². The van der Waals surface area contributed by atoms with Crippen LogP contribution in [0.1, 0.15) is 18.1 Å². The lowest BCUT2D eigenvalue weighted by Gasteiger charge is -2.20. The lowest BCUT2D eigenvalue weighted by molar-refractivity contribution is 0.131. The summed E-state index contributed by atoms with van der Waals surface area (Å²) in [5.74, 6) is 2.06. The van der Waals surface area contributed by atoms with Gasteiger partial charge in [0.2, 0.25) is 0 Å². The SMILES string of the molecule is CCOc1ccc(/C=N\OCc2cc(Cl)c3c(c2)OCCO3)cc1. The van der Waals surface area contributed by atoms with Gasteiger partial charge < -0.3 is 19.0 Å². The Balaban J connectivity index is 1.57. The van der Waals surface area contributed by atoms with Gasteiger partial charge in [0.05, 0.1) is 17.8 Å². The number of oxime groups is 1. The van der Waals surface area contributed by atoms with E-state index in [9.17, 15) is 0 Å². The number of hydrogen-bond donors (Lipinski definition) is 0. The van der Waals surface area contributed by atoms with Crippen molar-refractivity contribution in [3.05, 3.63) is 52.5 Å². The van der Waals surface area contributed by atoms with E-state index in [1.807, 2.05) is 37.3 Å². The number of fused-ring (bicyclic) bond motifs is 1. The molecule has 0 saturated heterocycles. The first-order valence-corrected chi connectivity index (χ1v) is 8.10. The molecule has 6 heteroatoms. The average molecular weight is 348 g/mol. The van der Waals surface area contributed by atoms with Crippen molar-refractivity contribution in [2.24, 2.45) is 5.16 Å². The summed E-state index contributed by atoms with van der Waals surface area (Å²) in [4.78, 5) is 5.33. The summed E-state index contributed by atoms with van der Waals surface area (Å²) in [6.07, 6.45) is 1.65. The summed E-state index contributed by atoms with van der Waals surface area (Å²) in [7, 11) is 0. The first-order chi connectivity index (χ1) is 11.8. The predicted octanol–water partition coefficient (Wildman–Crippen LogP) is 4.06. The number of benzene rings is 2. The van der Waals surface area contributed by atoms with E-state index in [0.29, 0.717) is 42.9 Å². The van der Waals surface area contributed by atoms with Crippen LogP contribution in [0.2, 0.25) is 5.02 Å². The van der Waals surface area contributed by atoms with Gasteiger partial charge in [-0.25, -0.2) is 0 Å². The van der Waals surface area contributed by atoms with E-state index in [2.05, 4.69) is 5.16 Å². The van der Waals surface area contributed by atoms with Crippen molar-refractivity contribution < 1.29 is 19.0 Å². The van der Waals surface area contributed by atoms with Gasteiger partial charge >= 0.3 is 0 Å². The largest absolute Gasteiger partial charge is 0.494 e. The molecule has 24 heavy (non-hydrogen) atoms. The van der Waals surface area contributed by atoms with Gasteiger partial charge in [-0.2, -0.15) is 0 Å². The molecule has 0 aliphatic carbocycles. The second-order valence-electron chi connectivity index (χ2n) is 5.11. The maximum atomic E-state index is 6.19. The number of hydrogen-bond acceptors (Lipinski definition) is 5. The summed E-state index contributed by atoms with van der Waals surface area (Å²) in [5, 5.41) is 4.49. The Kier molecular flexibility index (Phi) is 5.43. The minimum absolute atomic E-state index is 0.296. The molecule has 0 bridgehead atoms. The zero-order valence-electron chi connectivity index (χ0n) is 13.3. The highest BCUT2D eigenvalue weighted by Crippen LogP contribution is 2.38. The normalized spacial score (nSPS) is 13.1. The number of rotatable bonds is 6. The lowest BCUT2D eigenvalue weighted by Crippen LogP contribution is -2.15. The topological polar surface area (TPSA) is 49.3 Å². The second-order valence-corrected chi connectivity index (χ2v) is 5.52. The van der Waals surface area contributed by atoms with Crippen LogP contribution in [0.25, 0.3) is 0 Å². The molecule has 1 aliphatic heterocycles. The van der Waals surface area contributed by atoms with Crippen LogP contribution in [0.5, 0.6) is 17.2 Å². The van der Waals surface area contributed by atoms with Gasteiger partial charge in [-0.3, -0.25) is 0 Å². The second kappa shape index (κ2) is 7.93. The van der Waals surface area contributed by atoms with Crippen molar-refractivity contribution >= 4 is 17.8 Å². The molecule has 0 spiro atoms. The molecule has 5 nitrogen and oxygen atoms in total. The highest BCUT2D eigenvalue weighted by atomic mass is 35.5. The Labute approximate surface area is 145 Å². The highest BCUT2D eigenvalue weighted by molar-refractivity contribution is 6.32. The van der Waals surface area contributed by atoms with Gasteiger partial charge in [0, 0.05) is 0 Å². The van der Waals surface area contributed by atoms with E-state index in [-0.39, 0.29) is 0 Å². The monoisotopic (exact) mass is 347 g/mol. The smallest absolute Gasteiger partial charge is 0.179 e. The molecule has 3 rings (SSSR count). The Morgan fingerprint density at radius 3 is 2.75 bits per heavy atom. The van der Waals surface area contributed by atoms with Crippen LogP contribution in [0, 0.1) is 0 Å². The van der Waals surface area contributed by atoms with Crippen molar-refractivity contribution in [3.63, 3.8) is 0 Å². The van der Waals surface area contributed by atoms with Crippen molar-refractivity contribution in [2.45, 2.75) is 13.5 Å². The summed E-state index contributed by atoms with van der Waals surface area (Å²) >= 11 is 6.19. The minimum Gasteiger partial charge on any atom is -0.494 e. The number of halogens is 1. The zero-order chi connectivity index (χ0) is 16.8. The lowest BCUT2D eigenvalue weighted by atomic mass is 10.2. The summed E-state index contributed by atoms with van der Waals surface area (Å²) in [6.45, 7) is 3.92. The van der Waals surface area contributed by atoms with Crippen LogP contribution in [0.15, 0.2) is 41.6 Å². The molecule has 0 radical (unpaired) electrons. The van der Waals surface area contributed by atoms with Crippen LogP contribution < -0.4 is 14.2 Å². The molecule has 2 aromatic rings. The third-order valence-corrected chi connectivity index (χ3v) is 3.64. The van der Waals surface area contributed by atoms with Gasteiger partial charge in [-0.05, 0) is 54.4 Å². The molecule has 0 N–H and O–H groups in total. The molecule has 0 unspecified atom stereocenters. The molecular weight excluding hydrogens is 330 g/mol. The highest BCUT2D eigenvalue weighted by Gasteiger charge is 2.16. The van der Waals surface area contributed by atoms with Crippen LogP contribution in [0.4, 0.5) is 0 Å². The fraction of sp³-hybridized carbons (Fsp3) is 0.278. The van der Waals surface area contributed by atoms with E-state index >= 15 is 0 Å². The quantitative estimate of drug-likeness (QED) is 0.584. The fourth-order valence-electron chi connectivity index (χ4n) is 2.27. The molecular formula is C18H18ClNO4. The molecule has 0 aromatic heterocycles. The third-order valence-electron chi connectivity index (χ3n) is 3.36. The van der Waals surface area contributed by atoms with E-state index in [4.69, 9.17) is 30.6 Å². The van der Waals surface area contributed by atoms with E-state index in [0.717, 1.165) is 16.9 Å². The molecule has 126 valence electrons. The van der Waals surface area contributed by atoms with Gasteiger partial charge in [-0.15, -0.1) is 0 Å². The van der Waals surface area contributed by atoms with Gasteiger partial charge in [0.15, 0.2) is 11.5 Å². The Bertz CT molecular complexity index is 716. The Hall–Kier alpha value is -2.40. The molecule has 0 atom stereocenters. The third kappa shape index (κ3) is 4.11. The zero-order valence-corrected chi connectivity index (χ0v) is 14.1. The van der Waals surface area contributed by atoms with Crippen molar-refractivity contribution in [1.29, 1.82) is 0 Å². The number of nitrogens with zero attached hydrogens (tertiary/aromatic N) is 1. The molecule has 0 saturated carbocycles. The minimum atomic E-state index is 0.296. The van der Waals surface area contributed by atoms with Gasteiger partial charge in [0.1, 0.15) is 25.6 Å². The van der Waals surface area contributed by atoms with Crippen LogP contribution in [-0.4, -0.2) is 26.0 Å². The Morgan fingerprint density at radius 2 is 1.96 bits per heavy atom. The predicted molar refractivity (Wildman–Crippen MR) is 92.4 cm³/mol.